The summed E-state index contributed by atoms with van der Waals surface area (Å²) in [6.07, 6.45) is 2.57. The molecule has 0 fully saturated rings. The Morgan fingerprint density at radius 3 is 2.52 bits per heavy atom. The lowest BCUT2D eigenvalue weighted by molar-refractivity contribution is 0.102. The first-order valence-corrected chi connectivity index (χ1v) is 10.7. The Bertz CT molecular complexity index is 1170. The number of methoxy groups -OCH3 is 1. The lowest BCUT2D eigenvalue weighted by atomic mass is 10.2. The normalized spacial score (nSPS) is 11.2. The average molecular weight is 414 g/mol. The van der Waals surface area contributed by atoms with Crippen LogP contribution in [0.2, 0.25) is 0 Å². The lowest BCUT2D eigenvalue weighted by Gasteiger charge is -2.12. The molecule has 0 saturated carbocycles. The first-order chi connectivity index (χ1) is 13.7. The fourth-order valence-corrected chi connectivity index (χ4v) is 3.50. The van der Waals surface area contributed by atoms with Gasteiger partial charge in [0.25, 0.3) is 5.91 Å². The third-order valence-electron chi connectivity index (χ3n) is 4.35. The summed E-state index contributed by atoms with van der Waals surface area (Å²) in [4.78, 5) is 12.8. The molecular weight excluding hydrogens is 392 g/mol. The quantitative estimate of drug-likeness (QED) is 0.645. The van der Waals surface area contributed by atoms with Crippen LogP contribution in [-0.2, 0) is 10.0 Å². The Labute approximate surface area is 169 Å². The van der Waals surface area contributed by atoms with Crippen LogP contribution < -0.4 is 14.8 Å². The van der Waals surface area contributed by atoms with Crippen molar-refractivity contribution in [2.45, 2.75) is 13.8 Å². The molecule has 0 saturated heterocycles. The van der Waals surface area contributed by atoms with Crippen molar-refractivity contribution < 1.29 is 17.9 Å². The number of aromatic nitrogens is 2. The van der Waals surface area contributed by atoms with E-state index in [0.717, 1.165) is 17.5 Å². The molecule has 0 spiro atoms. The second-order valence-electron chi connectivity index (χ2n) is 6.59. The summed E-state index contributed by atoms with van der Waals surface area (Å²) in [6, 6.07) is 12.5. The summed E-state index contributed by atoms with van der Waals surface area (Å²) in [5.74, 6) is -0.0336. The van der Waals surface area contributed by atoms with Crippen LogP contribution in [0, 0.1) is 13.8 Å². The SMILES string of the molecule is COc1cc(NC(=O)c2cnn(-c3ccccc3C)c2C)ccc1NS(C)(=O)=O. The van der Waals surface area contributed by atoms with E-state index >= 15 is 0 Å². The number of carbonyl (C=O) groups is 1. The molecule has 0 bridgehead atoms. The Morgan fingerprint density at radius 2 is 1.86 bits per heavy atom. The highest BCUT2D eigenvalue weighted by atomic mass is 32.2. The molecule has 0 aliphatic rings. The molecule has 2 aromatic carbocycles. The summed E-state index contributed by atoms with van der Waals surface area (Å²) in [5, 5.41) is 7.15. The van der Waals surface area contributed by atoms with Crippen molar-refractivity contribution >= 4 is 27.3 Å². The molecule has 0 aliphatic carbocycles. The van der Waals surface area contributed by atoms with Crippen molar-refractivity contribution in [1.29, 1.82) is 0 Å². The van der Waals surface area contributed by atoms with Gasteiger partial charge >= 0.3 is 0 Å². The van der Waals surface area contributed by atoms with Crippen molar-refractivity contribution in [2.24, 2.45) is 0 Å². The Morgan fingerprint density at radius 1 is 1.14 bits per heavy atom. The number of nitrogens with one attached hydrogen (secondary N) is 2. The summed E-state index contributed by atoms with van der Waals surface area (Å²) in [5.41, 5.74) is 3.85. The molecule has 1 heterocycles. The third kappa shape index (κ3) is 4.57. The van der Waals surface area contributed by atoms with Crippen molar-refractivity contribution in [3.63, 3.8) is 0 Å². The molecule has 0 atom stereocenters. The van der Waals surface area contributed by atoms with E-state index in [1.54, 1.807) is 16.8 Å². The van der Waals surface area contributed by atoms with Crippen LogP contribution in [-0.4, -0.2) is 37.5 Å². The number of aryl methyl sites for hydroxylation is 1. The van der Waals surface area contributed by atoms with Crippen LogP contribution in [0.3, 0.4) is 0 Å². The minimum absolute atomic E-state index is 0.288. The van der Waals surface area contributed by atoms with Gasteiger partial charge in [0.1, 0.15) is 5.75 Å². The monoisotopic (exact) mass is 414 g/mol. The molecule has 8 nitrogen and oxygen atoms in total. The third-order valence-corrected chi connectivity index (χ3v) is 4.94. The molecule has 3 aromatic rings. The van der Waals surface area contributed by atoms with Gasteiger partial charge in [-0.25, -0.2) is 13.1 Å². The molecule has 0 unspecified atom stereocenters. The van der Waals surface area contributed by atoms with E-state index in [-0.39, 0.29) is 11.6 Å². The van der Waals surface area contributed by atoms with E-state index in [1.165, 1.54) is 19.4 Å². The number of nitrogens with zero attached hydrogens (tertiary/aromatic N) is 2. The van der Waals surface area contributed by atoms with Crippen molar-refractivity contribution in [3.05, 3.63) is 65.5 Å². The molecule has 152 valence electrons. The van der Waals surface area contributed by atoms with Gasteiger partial charge in [-0.2, -0.15) is 5.10 Å². The minimum Gasteiger partial charge on any atom is -0.494 e. The van der Waals surface area contributed by atoms with Crippen LogP contribution in [0.4, 0.5) is 11.4 Å². The number of amides is 1. The lowest BCUT2D eigenvalue weighted by Crippen LogP contribution is -2.14. The van der Waals surface area contributed by atoms with Crippen LogP contribution >= 0.6 is 0 Å². The van der Waals surface area contributed by atoms with E-state index in [9.17, 15) is 13.2 Å². The fraction of sp³-hybridized carbons (Fsp3) is 0.200. The van der Waals surface area contributed by atoms with Crippen LogP contribution in [0.5, 0.6) is 5.75 Å². The topological polar surface area (TPSA) is 102 Å². The molecule has 3 rings (SSSR count). The number of anilines is 2. The summed E-state index contributed by atoms with van der Waals surface area (Å²) in [6.45, 7) is 3.81. The highest BCUT2D eigenvalue weighted by Crippen LogP contribution is 2.29. The summed E-state index contributed by atoms with van der Waals surface area (Å²) >= 11 is 0. The number of hydrogen-bond acceptors (Lipinski definition) is 5. The van der Waals surface area contributed by atoms with E-state index in [0.29, 0.717) is 22.7 Å². The number of carbonyl (C=O) groups excluding carboxylic acids is 1. The van der Waals surface area contributed by atoms with Crippen molar-refractivity contribution in [2.75, 3.05) is 23.4 Å². The highest BCUT2D eigenvalue weighted by Gasteiger charge is 2.17. The minimum atomic E-state index is -3.45. The summed E-state index contributed by atoms with van der Waals surface area (Å²) in [7, 11) is -2.03. The number of para-hydroxylation sites is 1. The maximum absolute atomic E-state index is 12.8. The Kier molecular flexibility index (Phi) is 5.60. The van der Waals surface area contributed by atoms with Crippen LogP contribution in [0.1, 0.15) is 21.6 Å². The zero-order chi connectivity index (χ0) is 21.2. The Balaban J connectivity index is 1.85. The molecule has 1 aromatic heterocycles. The highest BCUT2D eigenvalue weighted by molar-refractivity contribution is 7.92. The van der Waals surface area contributed by atoms with Gasteiger partial charge in [-0.1, -0.05) is 18.2 Å². The number of benzene rings is 2. The van der Waals surface area contributed by atoms with Gasteiger partial charge in [-0.05, 0) is 37.6 Å². The molecule has 9 heteroatoms. The van der Waals surface area contributed by atoms with Gasteiger partial charge in [0.2, 0.25) is 10.0 Å². The van der Waals surface area contributed by atoms with E-state index in [4.69, 9.17) is 4.74 Å². The van der Waals surface area contributed by atoms with Gasteiger partial charge in [0.05, 0.1) is 42.2 Å². The standard InChI is InChI=1S/C20H22N4O4S/c1-13-7-5-6-8-18(13)24-14(2)16(12-21-24)20(25)22-15-9-10-17(19(11-15)28-3)23-29(4,26)27/h5-12,23H,1-4H3,(H,22,25). The van der Waals surface area contributed by atoms with Crippen molar-refractivity contribution in [1.82, 2.24) is 9.78 Å². The average Bonchev–Trinajstić information content (AvgIpc) is 3.03. The molecule has 2 N–H and O–H groups in total. The van der Waals surface area contributed by atoms with Gasteiger partial charge in [-0.15, -0.1) is 0 Å². The second-order valence-corrected chi connectivity index (χ2v) is 8.33. The maximum Gasteiger partial charge on any atom is 0.259 e. The predicted molar refractivity (Wildman–Crippen MR) is 112 cm³/mol. The largest absolute Gasteiger partial charge is 0.494 e. The zero-order valence-corrected chi connectivity index (χ0v) is 17.4. The molecule has 29 heavy (non-hydrogen) atoms. The predicted octanol–water partition coefficient (Wildman–Crippen LogP) is 3.12. The zero-order valence-electron chi connectivity index (χ0n) is 16.6. The summed E-state index contributed by atoms with van der Waals surface area (Å²) < 4.78 is 32.2. The van der Waals surface area contributed by atoms with Crippen LogP contribution in [0.15, 0.2) is 48.7 Å². The van der Waals surface area contributed by atoms with E-state index < -0.39 is 10.0 Å². The first kappa shape index (κ1) is 20.4. The molecule has 0 aliphatic heterocycles. The van der Waals surface area contributed by atoms with Gasteiger partial charge in [0, 0.05) is 11.8 Å². The molecule has 0 radical (unpaired) electrons. The van der Waals surface area contributed by atoms with Crippen molar-refractivity contribution in [3.8, 4) is 11.4 Å². The van der Waals surface area contributed by atoms with E-state index in [1.807, 2.05) is 38.1 Å². The Hall–Kier alpha value is -3.33. The van der Waals surface area contributed by atoms with Gasteiger partial charge < -0.3 is 10.1 Å². The number of sulfonamides is 1. The van der Waals surface area contributed by atoms with Crippen LogP contribution in [0.25, 0.3) is 5.69 Å². The van der Waals surface area contributed by atoms with Gasteiger partial charge in [0.15, 0.2) is 0 Å². The number of hydrogen-bond donors (Lipinski definition) is 2. The number of rotatable bonds is 6. The first-order valence-electron chi connectivity index (χ1n) is 8.77. The smallest absolute Gasteiger partial charge is 0.259 e. The van der Waals surface area contributed by atoms with Gasteiger partial charge in [-0.3, -0.25) is 9.52 Å². The molecular formula is C20H22N4O4S. The number of ether oxygens (including phenoxy) is 1. The van der Waals surface area contributed by atoms with E-state index in [2.05, 4.69) is 15.1 Å². The fourth-order valence-electron chi connectivity index (χ4n) is 2.93. The molecule has 1 amide bonds. The maximum atomic E-state index is 12.8. The second kappa shape index (κ2) is 7.96.